The maximum Gasteiger partial charge on any atom is 0.573 e. The molecule has 0 saturated carbocycles. The molecule has 0 spiro atoms. The summed E-state index contributed by atoms with van der Waals surface area (Å²) in [7, 11) is 1.26. The van der Waals surface area contributed by atoms with E-state index < -0.39 is 12.1 Å². The number of hydrogen-bond acceptors (Lipinski definition) is 4. The maximum absolute atomic E-state index is 12.0. The summed E-state index contributed by atoms with van der Waals surface area (Å²) in [4.78, 5) is 14.2. The van der Waals surface area contributed by atoms with Gasteiger partial charge in [0.1, 0.15) is 0 Å². The van der Waals surface area contributed by atoms with Crippen LogP contribution in [0.25, 0.3) is 0 Å². The minimum absolute atomic E-state index is 0.0270. The van der Waals surface area contributed by atoms with Crippen molar-refractivity contribution in [3.63, 3.8) is 0 Å². The van der Waals surface area contributed by atoms with Crippen molar-refractivity contribution in [1.82, 2.24) is 4.98 Å². The van der Waals surface area contributed by atoms with Crippen molar-refractivity contribution in [2.75, 3.05) is 7.11 Å². The molecule has 1 aromatic heterocycles. The zero-order valence-corrected chi connectivity index (χ0v) is 8.46. The number of alkyl halides is 3. The van der Waals surface area contributed by atoms with Gasteiger partial charge in [0.25, 0.3) is 0 Å². The normalized spacial score (nSPS) is 11.1. The lowest BCUT2D eigenvalue weighted by atomic mass is 10.1. The third kappa shape index (κ3) is 2.62. The number of methoxy groups -OCH3 is 1. The Bertz CT molecular complexity index is 404. The van der Waals surface area contributed by atoms with Crippen LogP contribution in [-0.2, 0) is 0 Å². The Morgan fingerprint density at radius 2 is 2.06 bits per heavy atom. The number of halogens is 3. The van der Waals surface area contributed by atoms with Gasteiger partial charge >= 0.3 is 6.36 Å². The van der Waals surface area contributed by atoms with Gasteiger partial charge in [-0.2, -0.15) is 0 Å². The summed E-state index contributed by atoms with van der Waals surface area (Å²) >= 11 is 0. The fourth-order valence-corrected chi connectivity index (χ4v) is 1.11. The van der Waals surface area contributed by atoms with E-state index in [1.54, 1.807) is 0 Å². The molecule has 0 N–H and O–H groups in total. The Balaban J connectivity index is 3.19. The number of aldehydes is 1. The third-order valence-corrected chi connectivity index (χ3v) is 1.84. The highest BCUT2D eigenvalue weighted by molar-refractivity contribution is 5.81. The minimum atomic E-state index is -4.82. The van der Waals surface area contributed by atoms with E-state index in [4.69, 9.17) is 4.74 Å². The monoisotopic (exact) mass is 235 g/mol. The second-order valence-electron chi connectivity index (χ2n) is 2.84. The molecular weight excluding hydrogens is 227 g/mol. The summed E-state index contributed by atoms with van der Waals surface area (Å²) in [5.74, 6) is -0.558. The lowest BCUT2D eigenvalue weighted by molar-refractivity contribution is -0.275. The Morgan fingerprint density at radius 1 is 1.44 bits per heavy atom. The molecule has 0 unspecified atom stereocenters. The number of nitrogens with zero attached hydrogens (tertiary/aromatic N) is 1. The summed E-state index contributed by atoms with van der Waals surface area (Å²) in [6, 6.07) is 0. The molecule has 0 aromatic carbocycles. The predicted molar refractivity (Wildman–Crippen MR) is 47.6 cm³/mol. The number of ether oxygens (including phenoxy) is 2. The van der Waals surface area contributed by atoms with E-state index in [2.05, 4.69) is 9.72 Å². The summed E-state index contributed by atoms with van der Waals surface area (Å²) in [5.41, 5.74) is -0.0385. The average molecular weight is 235 g/mol. The van der Waals surface area contributed by atoms with Crippen LogP contribution < -0.4 is 9.47 Å². The van der Waals surface area contributed by atoms with E-state index in [1.165, 1.54) is 14.0 Å². The van der Waals surface area contributed by atoms with Crippen LogP contribution in [0.4, 0.5) is 13.2 Å². The summed E-state index contributed by atoms with van der Waals surface area (Å²) in [5, 5.41) is 0. The highest BCUT2D eigenvalue weighted by atomic mass is 19.4. The standard InChI is InChI=1S/C9H8F3NO3/c1-5-6(4-14)8(15-2)13-3-7(5)16-9(10,11)12/h3-4H,1-2H3. The highest BCUT2D eigenvalue weighted by Gasteiger charge is 2.32. The zero-order valence-electron chi connectivity index (χ0n) is 8.46. The van der Waals surface area contributed by atoms with Crippen LogP contribution in [0.5, 0.6) is 11.6 Å². The van der Waals surface area contributed by atoms with Crippen LogP contribution in [-0.4, -0.2) is 24.7 Å². The van der Waals surface area contributed by atoms with Gasteiger partial charge in [0.15, 0.2) is 12.0 Å². The second-order valence-corrected chi connectivity index (χ2v) is 2.84. The molecule has 16 heavy (non-hydrogen) atoms. The zero-order chi connectivity index (χ0) is 12.3. The summed E-state index contributed by atoms with van der Waals surface area (Å²) < 4.78 is 44.3. The van der Waals surface area contributed by atoms with Crippen LogP contribution in [0.2, 0.25) is 0 Å². The van der Waals surface area contributed by atoms with Crippen LogP contribution in [0.15, 0.2) is 6.20 Å². The minimum Gasteiger partial charge on any atom is -0.480 e. The first-order chi connectivity index (χ1) is 7.39. The van der Waals surface area contributed by atoms with E-state index in [0.29, 0.717) is 6.29 Å². The molecule has 0 radical (unpaired) electrons. The molecule has 0 amide bonds. The molecular formula is C9H8F3NO3. The van der Waals surface area contributed by atoms with Gasteiger partial charge in [-0.3, -0.25) is 4.79 Å². The number of carbonyl (C=O) groups excluding carboxylic acids is 1. The summed E-state index contributed by atoms with van der Waals surface area (Å²) in [6.07, 6.45) is -3.60. The molecule has 0 aliphatic heterocycles. The molecule has 7 heteroatoms. The van der Waals surface area contributed by atoms with Crippen molar-refractivity contribution in [2.45, 2.75) is 13.3 Å². The quantitative estimate of drug-likeness (QED) is 0.753. The first-order valence-corrected chi connectivity index (χ1v) is 4.13. The largest absolute Gasteiger partial charge is 0.573 e. The average Bonchev–Trinajstić information content (AvgIpc) is 2.19. The number of rotatable bonds is 3. The fourth-order valence-electron chi connectivity index (χ4n) is 1.11. The lowest BCUT2D eigenvalue weighted by Crippen LogP contribution is -2.18. The molecule has 1 rings (SSSR count). The van der Waals surface area contributed by atoms with Gasteiger partial charge in [-0.25, -0.2) is 4.98 Å². The molecule has 88 valence electrons. The molecule has 1 aromatic rings. The predicted octanol–water partition coefficient (Wildman–Crippen LogP) is 2.11. The second kappa shape index (κ2) is 4.38. The molecule has 1 heterocycles. The van der Waals surface area contributed by atoms with Gasteiger partial charge in [0.2, 0.25) is 5.88 Å². The van der Waals surface area contributed by atoms with Gasteiger partial charge in [-0.15, -0.1) is 13.2 Å². The molecule has 0 bridgehead atoms. The smallest absolute Gasteiger partial charge is 0.480 e. The first kappa shape index (κ1) is 12.3. The van der Waals surface area contributed by atoms with Crippen LogP contribution in [0, 0.1) is 6.92 Å². The van der Waals surface area contributed by atoms with Crippen molar-refractivity contribution in [3.05, 3.63) is 17.3 Å². The van der Waals surface area contributed by atoms with Gasteiger partial charge in [-0.05, 0) is 6.92 Å². The highest BCUT2D eigenvalue weighted by Crippen LogP contribution is 2.30. The number of aromatic nitrogens is 1. The van der Waals surface area contributed by atoms with E-state index in [1.807, 2.05) is 0 Å². The lowest BCUT2D eigenvalue weighted by Gasteiger charge is -2.13. The van der Waals surface area contributed by atoms with Crippen molar-refractivity contribution in [1.29, 1.82) is 0 Å². The van der Waals surface area contributed by atoms with E-state index in [-0.39, 0.29) is 17.0 Å². The Kier molecular flexibility index (Phi) is 3.36. The van der Waals surface area contributed by atoms with Crippen molar-refractivity contribution < 1.29 is 27.4 Å². The van der Waals surface area contributed by atoms with Gasteiger partial charge in [0.05, 0.1) is 18.9 Å². The van der Waals surface area contributed by atoms with Crippen molar-refractivity contribution in [3.8, 4) is 11.6 Å². The topological polar surface area (TPSA) is 48.4 Å². The fraction of sp³-hybridized carbons (Fsp3) is 0.333. The van der Waals surface area contributed by atoms with Crippen molar-refractivity contribution >= 4 is 6.29 Å². The Morgan fingerprint density at radius 3 is 2.50 bits per heavy atom. The van der Waals surface area contributed by atoms with Crippen molar-refractivity contribution in [2.24, 2.45) is 0 Å². The Hall–Kier alpha value is -1.79. The molecule has 0 fully saturated rings. The molecule has 0 aliphatic rings. The van der Waals surface area contributed by atoms with Gasteiger partial charge in [0, 0.05) is 5.56 Å². The number of carbonyl (C=O) groups is 1. The van der Waals surface area contributed by atoms with E-state index in [0.717, 1.165) is 6.20 Å². The van der Waals surface area contributed by atoms with E-state index in [9.17, 15) is 18.0 Å². The maximum atomic E-state index is 12.0. The van der Waals surface area contributed by atoms with Crippen LogP contribution in [0.1, 0.15) is 15.9 Å². The Labute approximate surface area is 89.0 Å². The van der Waals surface area contributed by atoms with Crippen LogP contribution in [0.3, 0.4) is 0 Å². The molecule has 4 nitrogen and oxygen atoms in total. The van der Waals surface area contributed by atoms with Gasteiger partial charge in [-0.1, -0.05) is 0 Å². The summed E-state index contributed by atoms with van der Waals surface area (Å²) in [6.45, 7) is 1.31. The molecule has 0 atom stereocenters. The number of pyridine rings is 1. The number of hydrogen-bond donors (Lipinski definition) is 0. The third-order valence-electron chi connectivity index (χ3n) is 1.84. The molecule has 0 saturated heterocycles. The van der Waals surface area contributed by atoms with E-state index >= 15 is 0 Å². The van der Waals surface area contributed by atoms with Crippen LogP contribution >= 0.6 is 0 Å². The first-order valence-electron chi connectivity index (χ1n) is 4.13. The SMILES string of the molecule is COc1ncc(OC(F)(F)F)c(C)c1C=O. The van der Waals surface area contributed by atoms with Gasteiger partial charge < -0.3 is 9.47 Å². The molecule has 0 aliphatic carbocycles.